The van der Waals surface area contributed by atoms with Crippen LogP contribution in [0, 0.1) is 0 Å². The Bertz CT molecular complexity index is 1260. The maximum atomic E-state index is 13.7. The molecule has 0 spiro atoms. The second-order valence-corrected chi connectivity index (χ2v) is 8.36. The summed E-state index contributed by atoms with van der Waals surface area (Å²) in [5.41, 5.74) is -8.51. The van der Waals surface area contributed by atoms with Crippen LogP contribution in [0.15, 0.2) is 21.4 Å². The monoisotopic (exact) mass is 647 g/mol. The van der Waals surface area contributed by atoms with Gasteiger partial charge in [0.2, 0.25) is 12.2 Å². The van der Waals surface area contributed by atoms with Crippen molar-refractivity contribution in [2.45, 2.75) is 45.1 Å². The lowest BCUT2D eigenvalue weighted by atomic mass is 10.1. The number of alkyl halides is 9. The van der Waals surface area contributed by atoms with Crippen LogP contribution in [0.5, 0.6) is 0 Å². The van der Waals surface area contributed by atoms with Crippen molar-refractivity contribution < 1.29 is 53.8 Å². The molecule has 7 nitrogen and oxygen atoms in total. The van der Waals surface area contributed by atoms with Crippen molar-refractivity contribution in [1.82, 2.24) is 9.55 Å². The minimum atomic E-state index is -5.41. The summed E-state index contributed by atoms with van der Waals surface area (Å²) in [5, 5.41) is -1.42. The molecule has 1 aromatic carbocycles. The third-order valence-corrected chi connectivity index (χ3v) is 5.96. The van der Waals surface area contributed by atoms with Gasteiger partial charge in [-0.2, -0.15) is 39.5 Å². The Morgan fingerprint density at radius 3 is 2.08 bits per heavy atom. The van der Waals surface area contributed by atoms with E-state index in [1.807, 2.05) is 0 Å². The number of carbonyl (C=O) groups is 1. The highest BCUT2D eigenvalue weighted by atomic mass is 79.9. The average Bonchev–Trinajstić information content (AvgIpc) is 2.77. The summed E-state index contributed by atoms with van der Waals surface area (Å²) in [6.45, 7) is 1.59. The van der Waals surface area contributed by atoms with Crippen molar-refractivity contribution in [2.24, 2.45) is 0 Å². The highest BCUT2D eigenvalue weighted by Crippen LogP contribution is 2.46. The van der Waals surface area contributed by atoms with Gasteiger partial charge in [0.15, 0.2) is 5.69 Å². The minimum absolute atomic E-state index is 0.110. The molecular weight excluding hydrogens is 633 g/mol. The van der Waals surface area contributed by atoms with Crippen LogP contribution in [0.2, 0.25) is 5.02 Å². The number of rotatable bonds is 7. The Labute approximate surface area is 221 Å². The second kappa shape index (κ2) is 11.3. The highest BCUT2D eigenvalue weighted by molar-refractivity contribution is 9.10. The zero-order valence-electron chi connectivity index (χ0n) is 19.3. The van der Waals surface area contributed by atoms with Gasteiger partial charge < -0.3 is 9.47 Å². The average molecular weight is 649 g/mol. The summed E-state index contributed by atoms with van der Waals surface area (Å²) in [6.07, 6.45) is -18.5. The fourth-order valence-electron chi connectivity index (χ4n) is 3.19. The smallest absolute Gasteiger partial charge is 0.435 e. The van der Waals surface area contributed by atoms with Crippen molar-refractivity contribution in [2.75, 3.05) is 18.6 Å². The Hall–Kier alpha value is -2.53. The second-order valence-electron chi connectivity index (χ2n) is 7.18. The van der Waals surface area contributed by atoms with Gasteiger partial charge in [0.25, 0.3) is 5.56 Å². The molecule has 0 radical (unpaired) electrons. The number of aromatic nitrogens is 2. The molecule has 0 N–H and O–H groups in total. The molecule has 0 aliphatic heterocycles. The quantitative estimate of drug-likeness (QED) is 0.196. The van der Waals surface area contributed by atoms with Crippen LogP contribution in [0.1, 0.15) is 30.7 Å². The molecule has 0 saturated heterocycles. The van der Waals surface area contributed by atoms with Crippen LogP contribution in [0.25, 0.3) is 0 Å². The molecule has 0 amide bonds. The van der Waals surface area contributed by atoms with Crippen LogP contribution in [0.4, 0.5) is 51.1 Å². The zero-order chi connectivity index (χ0) is 29.4. The topological polar surface area (TPSA) is 73.7 Å². The van der Waals surface area contributed by atoms with Crippen molar-refractivity contribution in [3.8, 4) is 0 Å². The van der Waals surface area contributed by atoms with E-state index in [2.05, 4.69) is 20.9 Å². The van der Waals surface area contributed by atoms with Crippen molar-refractivity contribution in [3.63, 3.8) is 0 Å². The van der Waals surface area contributed by atoms with Gasteiger partial charge in [-0.1, -0.05) is 11.6 Å². The highest BCUT2D eigenvalue weighted by Gasteiger charge is 2.44. The Morgan fingerprint density at radius 2 is 1.66 bits per heavy atom. The van der Waals surface area contributed by atoms with E-state index in [-0.39, 0.29) is 23.6 Å². The van der Waals surface area contributed by atoms with Gasteiger partial charge in [0.05, 0.1) is 27.9 Å². The number of ether oxygens (including phenoxy) is 2. The molecule has 1 unspecified atom stereocenters. The molecule has 0 saturated carbocycles. The van der Waals surface area contributed by atoms with E-state index in [9.17, 15) is 49.1 Å². The van der Waals surface area contributed by atoms with Crippen molar-refractivity contribution in [1.29, 1.82) is 0 Å². The molecule has 18 heteroatoms. The first-order chi connectivity index (χ1) is 17.3. The molecule has 212 valence electrons. The van der Waals surface area contributed by atoms with Crippen molar-refractivity contribution in [3.05, 3.63) is 48.8 Å². The van der Waals surface area contributed by atoms with Gasteiger partial charge in [0, 0.05) is 13.7 Å². The van der Waals surface area contributed by atoms with Crippen LogP contribution in [-0.2, 0) is 39.3 Å². The van der Waals surface area contributed by atoms with E-state index < -0.39 is 80.8 Å². The molecule has 1 atom stereocenters. The standard InChI is InChI=1S/C20H16BrClF9N3O4/c1-4-33-14(35)12(22)13(20(29,30)31)32-17(33)34(15(37-3)16(36)38-5-2)10-7-8(18(23,24)25)6-9(11(10)21)19(26,27)28/h6-7,15H,4-5H2,1-3H3. The fraction of sp³-hybridized carbons (Fsp3) is 0.450. The lowest BCUT2D eigenvalue weighted by Crippen LogP contribution is -2.45. The molecule has 0 aliphatic rings. The number of carbonyl (C=O) groups excluding carboxylic acids is 1. The van der Waals surface area contributed by atoms with Crippen molar-refractivity contribution >= 4 is 45.1 Å². The van der Waals surface area contributed by atoms with Crippen LogP contribution in [0.3, 0.4) is 0 Å². The number of nitrogens with zero attached hydrogens (tertiary/aromatic N) is 3. The number of esters is 1. The van der Waals surface area contributed by atoms with Gasteiger partial charge >= 0.3 is 24.5 Å². The van der Waals surface area contributed by atoms with Gasteiger partial charge in [-0.25, -0.2) is 9.78 Å². The number of benzene rings is 1. The van der Waals surface area contributed by atoms with Crippen LogP contribution in [-0.4, -0.2) is 35.5 Å². The molecule has 38 heavy (non-hydrogen) atoms. The Balaban J connectivity index is 3.19. The number of anilines is 2. The number of halogens is 11. The molecule has 0 bridgehead atoms. The predicted octanol–water partition coefficient (Wildman–Crippen LogP) is 6.41. The third-order valence-electron chi connectivity index (χ3n) is 4.79. The van der Waals surface area contributed by atoms with E-state index in [1.165, 1.54) is 13.8 Å². The Kier molecular flexibility index (Phi) is 9.42. The van der Waals surface area contributed by atoms with E-state index in [4.69, 9.17) is 21.1 Å². The summed E-state index contributed by atoms with van der Waals surface area (Å²) in [6, 6.07) is -0.139. The summed E-state index contributed by atoms with van der Waals surface area (Å²) in [5.74, 6) is -2.64. The maximum Gasteiger partial charge on any atom is 0.435 e. The normalized spacial score (nSPS) is 13.4. The SMILES string of the molecule is CCOC(=O)C(OC)N(c1cc(C(F)(F)F)cc(C(F)(F)F)c1Br)c1nc(C(F)(F)F)c(Cl)c(=O)n1CC. The van der Waals surface area contributed by atoms with E-state index in [1.54, 1.807) is 0 Å². The largest absolute Gasteiger partial charge is 0.463 e. The summed E-state index contributed by atoms with van der Waals surface area (Å²) in [7, 11) is 0.774. The zero-order valence-corrected chi connectivity index (χ0v) is 21.6. The lowest BCUT2D eigenvalue weighted by molar-refractivity contribution is -0.154. The molecule has 0 fully saturated rings. The molecular formula is C20H16BrClF9N3O4. The minimum Gasteiger partial charge on any atom is -0.463 e. The number of methoxy groups -OCH3 is 1. The van der Waals surface area contributed by atoms with Gasteiger partial charge in [-0.3, -0.25) is 14.3 Å². The molecule has 2 aromatic rings. The van der Waals surface area contributed by atoms with E-state index in [0.717, 1.165) is 7.11 Å². The van der Waals surface area contributed by atoms with Gasteiger partial charge in [0.1, 0.15) is 5.02 Å². The van der Waals surface area contributed by atoms with Crippen LogP contribution >= 0.6 is 27.5 Å². The van der Waals surface area contributed by atoms with Gasteiger partial charge in [-0.15, -0.1) is 0 Å². The maximum absolute atomic E-state index is 13.7. The van der Waals surface area contributed by atoms with Gasteiger partial charge in [-0.05, 0) is 41.9 Å². The summed E-state index contributed by atoms with van der Waals surface area (Å²) in [4.78, 5) is 28.8. The Morgan fingerprint density at radius 1 is 1.08 bits per heavy atom. The molecule has 1 aromatic heterocycles. The first kappa shape index (κ1) is 31.7. The first-order valence-electron chi connectivity index (χ1n) is 10.1. The third kappa shape index (κ3) is 6.36. The summed E-state index contributed by atoms with van der Waals surface area (Å²) >= 11 is 8.09. The molecule has 2 rings (SSSR count). The number of hydrogen-bond donors (Lipinski definition) is 0. The fourth-order valence-corrected chi connectivity index (χ4v) is 4.09. The predicted molar refractivity (Wildman–Crippen MR) is 118 cm³/mol. The first-order valence-corrected chi connectivity index (χ1v) is 11.3. The van der Waals surface area contributed by atoms with E-state index >= 15 is 0 Å². The molecule has 0 aliphatic carbocycles. The lowest BCUT2D eigenvalue weighted by Gasteiger charge is -2.33. The van der Waals surface area contributed by atoms with E-state index in [0.29, 0.717) is 4.57 Å². The number of hydrogen-bond acceptors (Lipinski definition) is 6. The molecule has 1 heterocycles. The summed E-state index contributed by atoms with van der Waals surface area (Å²) < 4.78 is 132. The van der Waals surface area contributed by atoms with Crippen LogP contribution < -0.4 is 10.5 Å².